The molecule has 0 fully saturated rings. The fourth-order valence-electron chi connectivity index (χ4n) is 2.65. The molecule has 0 N–H and O–H groups in total. The van der Waals surface area contributed by atoms with Gasteiger partial charge in [-0.1, -0.05) is 30.3 Å². The average molecular weight is 322 g/mol. The van der Waals surface area contributed by atoms with Crippen molar-refractivity contribution in [2.75, 3.05) is 14.2 Å². The molecule has 0 aromatic heterocycles. The molecule has 0 radical (unpaired) electrons. The lowest BCUT2D eigenvalue weighted by atomic mass is 9.80. The molecular formula is C17H19FO5. The normalized spacial score (nSPS) is 23.8. The van der Waals surface area contributed by atoms with E-state index in [4.69, 9.17) is 9.47 Å². The first-order valence-electron chi connectivity index (χ1n) is 7.24. The summed E-state index contributed by atoms with van der Waals surface area (Å²) in [6.45, 7) is 0.191. The molecule has 5 nitrogen and oxygen atoms in total. The van der Waals surface area contributed by atoms with Gasteiger partial charge in [0.2, 0.25) is 0 Å². The number of carbonyl (C=O) groups is 2. The van der Waals surface area contributed by atoms with Crippen molar-refractivity contribution in [1.29, 1.82) is 0 Å². The zero-order chi connectivity index (χ0) is 16.8. The molecule has 1 aliphatic carbocycles. The van der Waals surface area contributed by atoms with Crippen molar-refractivity contribution in [2.24, 2.45) is 11.8 Å². The van der Waals surface area contributed by atoms with Gasteiger partial charge in [-0.3, -0.25) is 9.59 Å². The Bertz CT molecular complexity index is 584. The van der Waals surface area contributed by atoms with Crippen molar-refractivity contribution in [1.82, 2.24) is 0 Å². The Balaban J connectivity index is 2.20. The Kier molecular flexibility index (Phi) is 5.87. The molecule has 6 heteroatoms. The summed E-state index contributed by atoms with van der Waals surface area (Å²) in [4.78, 5) is 23.9. The van der Waals surface area contributed by atoms with E-state index in [0.29, 0.717) is 0 Å². The highest BCUT2D eigenvalue weighted by Crippen LogP contribution is 2.34. The van der Waals surface area contributed by atoms with Gasteiger partial charge in [-0.05, 0) is 11.6 Å². The molecule has 2 rings (SSSR count). The number of methoxy groups -OCH3 is 2. The van der Waals surface area contributed by atoms with Gasteiger partial charge < -0.3 is 14.2 Å². The van der Waals surface area contributed by atoms with Gasteiger partial charge in [0.25, 0.3) is 0 Å². The van der Waals surface area contributed by atoms with E-state index in [-0.39, 0.29) is 13.0 Å². The summed E-state index contributed by atoms with van der Waals surface area (Å²) in [5.41, 5.74) is 0.880. The van der Waals surface area contributed by atoms with Crippen LogP contribution >= 0.6 is 0 Å². The third-order valence-corrected chi connectivity index (χ3v) is 3.81. The minimum absolute atomic E-state index is 0.191. The van der Waals surface area contributed by atoms with Gasteiger partial charge in [0, 0.05) is 6.42 Å². The van der Waals surface area contributed by atoms with E-state index < -0.39 is 35.7 Å². The highest BCUT2D eigenvalue weighted by molar-refractivity contribution is 5.83. The van der Waals surface area contributed by atoms with E-state index in [1.165, 1.54) is 20.3 Å². The Hall–Kier alpha value is -2.21. The summed E-state index contributed by atoms with van der Waals surface area (Å²) < 4.78 is 29.0. The first kappa shape index (κ1) is 17.1. The second kappa shape index (κ2) is 7.87. The predicted octanol–water partition coefficient (Wildman–Crippen LogP) is 2.41. The van der Waals surface area contributed by atoms with Crippen LogP contribution in [0.3, 0.4) is 0 Å². The molecule has 0 spiro atoms. The van der Waals surface area contributed by atoms with Crippen molar-refractivity contribution in [3.63, 3.8) is 0 Å². The zero-order valence-electron chi connectivity index (χ0n) is 13.0. The second-order valence-corrected chi connectivity index (χ2v) is 5.26. The van der Waals surface area contributed by atoms with Crippen molar-refractivity contribution in [3.8, 4) is 0 Å². The van der Waals surface area contributed by atoms with E-state index in [1.807, 2.05) is 30.3 Å². The third-order valence-electron chi connectivity index (χ3n) is 3.81. The molecule has 0 bridgehead atoms. The minimum atomic E-state index is -0.960. The maximum absolute atomic E-state index is 13.9. The molecule has 23 heavy (non-hydrogen) atoms. The van der Waals surface area contributed by atoms with Gasteiger partial charge in [0.15, 0.2) is 0 Å². The Morgan fingerprint density at radius 2 is 1.78 bits per heavy atom. The van der Waals surface area contributed by atoms with Crippen molar-refractivity contribution in [2.45, 2.75) is 19.1 Å². The fraction of sp³-hybridized carbons (Fsp3) is 0.412. The molecule has 0 saturated carbocycles. The van der Waals surface area contributed by atoms with Crippen LogP contribution in [0.25, 0.3) is 0 Å². The third kappa shape index (κ3) is 4.16. The van der Waals surface area contributed by atoms with Crippen LogP contribution in [0.5, 0.6) is 0 Å². The quantitative estimate of drug-likeness (QED) is 0.779. The van der Waals surface area contributed by atoms with Crippen molar-refractivity contribution >= 4 is 11.9 Å². The molecule has 124 valence electrons. The first-order valence-corrected chi connectivity index (χ1v) is 7.24. The monoisotopic (exact) mass is 322 g/mol. The van der Waals surface area contributed by atoms with Crippen LogP contribution in [-0.2, 0) is 30.4 Å². The van der Waals surface area contributed by atoms with E-state index in [0.717, 1.165) is 5.56 Å². The molecule has 0 heterocycles. The SMILES string of the molecule is COC(=O)[C@@H]1[C@@H](C(=O)OC)CC(F)=C[C@H]1OCc1ccccc1. The molecule has 0 saturated heterocycles. The van der Waals surface area contributed by atoms with Crippen molar-refractivity contribution in [3.05, 3.63) is 47.8 Å². The predicted molar refractivity (Wildman–Crippen MR) is 79.8 cm³/mol. The van der Waals surface area contributed by atoms with Gasteiger partial charge in [0.1, 0.15) is 5.92 Å². The van der Waals surface area contributed by atoms with E-state index in [1.54, 1.807) is 0 Å². The number of carbonyl (C=O) groups excluding carboxylic acids is 2. The summed E-state index contributed by atoms with van der Waals surface area (Å²) in [5, 5.41) is 0. The summed E-state index contributed by atoms with van der Waals surface area (Å²) in [6, 6.07) is 9.28. The maximum Gasteiger partial charge on any atom is 0.312 e. The molecule has 1 aliphatic rings. The standard InChI is InChI=1S/C17H19FO5/c1-21-16(19)13-8-12(18)9-14(15(13)17(20)22-2)23-10-11-6-4-3-5-7-11/h3-7,9,13-15H,8,10H2,1-2H3/t13-,14+,15+/m0/s1. The number of rotatable bonds is 5. The molecule has 0 unspecified atom stereocenters. The fourth-order valence-corrected chi connectivity index (χ4v) is 2.65. The molecule has 3 atom stereocenters. The smallest absolute Gasteiger partial charge is 0.312 e. The van der Waals surface area contributed by atoms with Crippen LogP contribution < -0.4 is 0 Å². The highest BCUT2D eigenvalue weighted by Gasteiger charge is 2.44. The van der Waals surface area contributed by atoms with Gasteiger partial charge >= 0.3 is 11.9 Å². The summed E-state index contributed by atoms with van der Waals surface area (Å²) >= 11 is 0. The number of ether oxygens (including phenoxy) is 3. The second-order valence-electron chi connectivity index (χ2n) is 5.26. The molecule has 0 amide bonds. The number of benzene rings is 1. The molecule has 1 aromatic carbocycles. The lowest BCUT2D eigenvalue weighted by Crippen LogP contribution is -2.42. The first-order chi connectivity index (χ1) is 11.1. The van der Waals surface area contributed by atoms with Crippen LogP contribution in [0.15, 0.2) is 42.2 Å². The van der Waals surface area contributed by atoms with E-state index >= 15 is 0 Å². The Labute approximate surface area is 134 Å². The minimum Gasteiger partial charge on any atom is -0.469 e. The lowest BCUT2D eigenvalue weighted by molar-refractivity contribution is -0.164. The summed E-state index contributed by atoms with van der Waals surface area (Å²) in [6.07, 6.45) is 0.141. The van der Waals surface area contributed by atoms with Crippen LogP contribution in [0, 0.1) is 11.8 Å². The van der Waals surface area contributed by atoms with Gasteiger partial charge in [-0.25, -0.2) is 4.39 Å². The number of hydrogen-bond acceptors (Lipinski definition) is 5. The zero-order valence-corrected chi connectivity index (χ0v) is 13.0. The van der Waals surface area contributed by atoms with Crippen LogP contribution in [0.1, 0.15) is 12.0 Å². The summed E-state index contributed by atoms with van der Waals surface area (Å²) in [5.74, 6) is -3.67. The van der Waals surface area contributed by atoms with Gasteiger partial charge in [-0.2, -0.15) is 0 Å². The van der Waals surface area contributed by atoms with Crippen molar-refractivity contribution < 1.29 is 28.2 Å². The van der Waals surface area contributed by atoms with Crippen LogP contribution in [0.4, 0.5) is 4.39 Å². The number of allylic oxidation sites excluding steroid dienone is 1. The van der Waals surface area contributed by atoms with Crippen LogP contribution in [0.2, 0.25) is 0 Å². The molecule has 0 aliphatic heterocycles. The average Bonchev–Trinajstić information content (AvgIpc) is 2.58. The number of hydrogen-bond donors (Lipinski definition) is 0. The number of halogens is 1. The summed E-state index contributed by atoms with van der Waals surface area (Å²) in [7, 11) is 2.42. The maximum atomic E-state index is 13.9. The number of esters is 2. The largest absolute Gasteiger partial charge is 0.469 e. The van der Waals surface area contributed by atoms with E-state index in [9.17, 15) is 14.0 Å². The molecule has 1 aromatic rings. The highest BCUT2D eigenvalue weighted by atomic mass is 19.1. The lowest BCUT2D eigenvalue weighted by Gasteiger charge is -2.31. The Morgan fingerprint density at radius 3 is 2.39 bits per heavy atom. The van der Waals surface area contributed by atoms with Gasteiger partial charge in [-0.15, -0.1) is 0 Å². The van der Waals surface area contributed by atoms with Crippen LogP contribution in [-0.4, -0.2) is 32.3 Å². The van der Waals surface area contributed by atoms with E-state index in [2.05, 4.69) is 4.74 Å². The molecular weight excluding hydrogens is 303 g/mol. The van der Waals surface area contributed by atoms with Gasteiger partial charge in [0.05, 0.1) is 38.7 Å². The topological polar surface area (TPSA) is 61.8 Å². The Morgan fingerprint density at radius 1 is 1.13 bits per heavy atom.